The molecule has 0 atom stereocenters. The van der Waals surface area contributed by atoms with Crippen LogP contribution in [0.5, 0.6) is 0 Å². The van der Waals surface area contributed by atoms with Crippen molar-refractivity contribution in [3.05, 3.63) is 11.4 Å². The quantitative estimate of drug-likeness (QED) is 0.597. The number of likely N-dealkylation sites (N-methyl/N-ethyl adjacent to an activating group) is 1. The van der Waals surface area contributed by atoms with Gasteiger partial charge in [0, 0.05) is 26.6 Å². The van der Waals surface area contributed by atoms with E-state index in [0.29, 0.717) is 0 Å². The second-order valence-electron chi connectivity index (χ2n) is 3.23. The fraction of sp³-hybridized carbons (Fsp3) is 0.750. The van der Waals surface area contributed by atoms with Crippen molar-refractivity contribution in [3.8, 4) is 0 Å². The zero-order valence-electron chi connectivity index (χ0n) is 7.62. The molecule has 0 fully saturated rings. The number of hydrogen-bond acceptors (Lipinski definition) is 3. The highest BCUT2D eigenvalue weighted by Crippen LogP contribution is 2.14. The van der Waals surface area contributed by atoms with Crippen LogP contribution in [0.1, 0.15) is 18.3 Å². The van der Waals surface area contributed by atoms with Crippen molar-refractivity contribution in [1.29, 1.82) is 0 Å². The van der Waals surface area contributed by atoms with Crippen LogP contribution in [0.4, 0.5) is 0 Å². The molecule has 0 saturated carbocycles. The van der Waals surface area contributed by atoms with E-state index < -0.39 is 0 Å². The van der Waals surface area contributed by atoms with Crippen molar-refractivity contribution >= 4 is 0 Å². The number of aromatic nitrogens is 3. The van der Waals surface area contributed by atoms with Crippen molar-refractivity contribution in [2.75, 3.05) is 13.1 Å². The molecule has 0 bridgehead atoms. The van der Waals surface area contributed by atoms with E-state index in [1.807, 2.05) is 11.7 Å². The fourth-order valence-electron chi connectivity index (χ4n) is 1.67. The third kappa shape index (κ3) is 1.12. The lowest BCUT2D eigenvalue weighted by molar-refractivity contribution is 0.262. The zero-order valence-corrected chi connectivity index (χ0v) is 7.62. The fourth-order valence-corrected chi connectivity index (χ4v) is 1.67. The van der Waals surface area contributed by atoms with Crippen LogP contribution in [0.3, 0.4) is 0 Å². The van der Waals surface area contributed by atoms with Crippen molar-refractivity contribution in [3.63, 3.8) is 0 Å². The second kappa shape index (κ2) is 2.86. The molecular weight excluding hydrogens is 152 g/mol. The molecule has 2 rings (SSSR count). The molecule has 4 nitrogen and oxygen atoms in total. The molecule has 12 heavy (non-hydrogen) atoms. The Morgan fingerprint density at radius 1 is 1.50 bits per heavy atom. The standard InChI is InChI=1S/C8H14N4/c1-3-12-5-4-8-7(6-12)9-10-11(8)2/h3-6H2,1-2H3. The van der Waals surface area contributed by atoms with E-state index in [1.165, 1.54) is 5.69 Å². The van der Waals surface area contributed by atoms with E-state index >= 15 is 0 Å². The number of hydrogen-bond donors (Lipinski definition) is 0. The Labute approximate surface area is 72.2 Å². The van der Waals surface area contributed by atoms with Gasteiger partial charge in [-0.05, 0) is 6.54 Å². The SMILES string of the molecule is CCN1CCc2c(nnn2C)C1. The van der Waals surface area contributed by atoms with Crippen LogP contribution in [0, 0.1) is 0 Å². The molecule has 1 aromatic heterocycles. The summed E-state index contributed by atoms with van der Waals surface area (Å²) in [4.78, 5) is 2.39. The van der Waals surface area contributed by atoms with Gasteiger partial charge in [-0.3, -0.25) is 9.58 Å². The van der Waals surface area contributed by atoms with Crippen LogP contribution in [0.25, 0.3) is 0 Å². The normalized spacial score (nSPS) is 17.8. The van der Waals surface area contributed by atoms with Crippen LogP contribution in [-0.2, 0) is 20.0 Å². The van der Waals surface area contributed by atoms with Crippen LogP contribution in [-0.4, -0.2) is 33.0 Å². The highest BCUT2D eigenvalue weighted by Gasteiger charge is 2.19. The predicted molar refractivity (Wildman–Crippen MR) is 45.7 cm³/mol. The first-order valence-corrected chi connectivity index (χ1v) is 4.41. The minimum atomic E-state index is 0.972. The molecule has 1 aliphatic rings. The first-order valence-electron chi connectivity index (χ1n) is 4.41. The Morgan fingerprint density at radius 2 is 2.33 bits per heavy atom. The Morgan fingerprint density at radius 3 is 3.08 bits per heavy atom. The molecule has 0 amide bonds. The molecule has 1 aliphatic heterocycles. The topological polar surface area (TPSA) is 34.0 Å². The van der Waals surface area contributed by atoms with Crippen molar-refractivity contribution < 1.29 is 0 Å². The van der Waals surface area contributed by atoms with E-state index in [1.54, 1.807) is 0 Å². The lowest BCUT2D eigenvalue weighted by atomic mass is 10.1. The minimum absolute atomic E-state index is 0.972. The number of fused-ring (bicyclic) bond motifs is 1. The summed E-state index contributed by atoms with van der Waals surface area (Å²) in [6.45, 7) is 5.40. The lowest BCUT2D eigenvalue weighted by Gasteiger charge is -2.23. The highest BCUT2D eigenvalue weighted by molar-refractivity contribution is 5.13. The van der Waals surface area contributed by atoms with Gasteiger partial charge in [-0.1, -0.05) is 12.1 Å². The summed E-state index contributed by atoms with van der Waals surface area (Å²) in [7, 11) is 1.97. The maximum Gasteiger partial charge on any atom is 0.0999 e. The summed E-state index contributed by atoms with van der Waals surface area (Å²) in [6, 6.07) is 0. The summed E-state index contributed by atoms with van der Waals surface area (Å²) < 4.78 is 1.89. The lowest BCUT2D eigenvalue weighted by Crippen LogP contribution is -2.30. The first-order chi connectivity index (χ1) is 5.81. The average Bonchev–Trinajstić information content (AvgIpc) is 2.47. The highest BCUT2D eigenvalue weighted by atomic mass is 15.4. The third-order valence-electron chi connectivity index (χ3n) is 2.51. The zero-order chi connectivity index (χ0) is 8.55. The summed E-state index contributed by atoms with van der Waals surface area (Å²) in [5.41, 5.74) is 2.46. The van der Waals surface area contributed by atoms with Gasteiger partial charge in [-0.25, -0.2) is 0 Å². The molecule has 4 heteroatoms. The Hall–Kier alpha value is -0.900. The predicted octanol–water partition coefficient (Wildman–Crippen LogP) is 0.193. The van der Waals surface area contributed by atoms with Gasteiger partial charge < -0.3 is 0 Å². The molecule has 2 heterocycles. The van der Waals surface area contributed by atoms with E-state index in [0.717, 1.165) is 31.7 Å². The largest absolute Gasteiger partial charge is 0.297 e. The monoisotopic (exact) mass is 166 g/mol. The van der Waals surface area contributed by atoms with Crippen molar-refractivity contribution in [2.24, 2.45) is 7.05 Å². The van der Waals surface area contributed by atoms with Gasteiger partial charge in [0.2, 0.25) is 0 Å². The molecule has 0 N–H and O–H groups in total. The Balaban J connectivity index is 2.24. The molecule has 66 valence electrons. The summed E-state index contributed by atoms with van der Waals surface area (Å²) >= 11 is 0. The third-order valence-corrected chi connectivity index (χ3v) is 2.51. The maximum atomic E-state index is 4.13. The van der Waals surface area contributed by atoms with Crippen LogP contribution in [0.15, 0.2) is 0 Å². The smallest absolute Gasteiger partial charge is 0.0999 e. The van der Waals surface area contributed by atoms with Gasteiger partial charge >= 0.3 is 0 Å². The number of nitrogens with zero attached hydrogens (tertiary/aromatic N) is 4. The van der Waals surface area contributed by atoms with Gasteiger partial charge in [0.25, 0.3) is 0 Å². The molecular formula is C8H14N4. The molecule has 0 spiro atoms. The minimum Gasteiger partial charge on any atom is -0.297 e. The van der Waals surface area contributed by atoms with Gasteiger partial charge in [0.15, 0.2) is 0 Å². The average molecular weight is 166 g/mol. The summed E-state index contributed by atoms with van der Waals surface area (Å²) in [5.74, 6) is 0. The van der Waals surface area contributed by atoms with E-state index in [9.17, 15) is 0 Å². The second-order valence-corrected chi connectivity index (χ2v) is 3.23. The Kier molecular flexibility index (Phi) is 1.84. The molecule has 0 unspecified atom stereocenters. The van der Waals surface area contributed by atoms with Gasteiger partial charge in [-0.2, -0.15) is 0 Å². The number of rotatable bonds is 1. The van der Waals surface area contributed by atoms with E-state index in [4.69, 9.17) is 0 Å². The van der Waals surface area contributed by atoms with Crippen LogP contribution >= 0.6 is 0 Å². The molecule has 0 aliphatic carbocycles. The number of aryl methyl sites for hydroxylation is 1. The molecule has 1 aromatic rings. The van der Waals surface area contributed by atoms with Crippen LogP contribution in [0.2, 0.25) is 0 Å². The first kappa shape index (κ1) is 7.73. The summed E-state index contributed by atoms with van der Waals surface area (Å²) in [6.07, 6.45) is 1.09. The molecule has 0 saturated heterocycles. The van der Waals surface area contributed by atoms with Crippen molar-refractivity contribution in [2.45, 2.75) is 19.9 Å². The van der Waals surface area contributed by atoms with E-state index in [2.05, 4.69) is 22.1 Å². The Bertz CT molecular complexity index is 279. The van der Waals surface area contributed by atoms with Crippen molar-refractivity contribution in [1.82, 2.24) is 19.9 Å². The molecule has 0 radical (unpaired) electrons. The van der Waals surface area contributed by atoms with Gasteiger partial charge in [-0.15, -0.1) is 5.10 Å². The van der Waals surface area contributed by atoms with Crippen LogP contribution < -0.4 is 0 Å². The maximum absolute atomic E-state index is 4.13. The van der Waals surface area contributed by atoms with Gasteiger partial charge in [0.1, 0.15) is 0 Å². The molecule has 0 aromatic carbocycles. The van der Waals surface area contributed by atoms with Gasteiger partial charge in [0.05, 0.1) is 11.4 Å². The summed E-state index contributed by atoms with van der Waals surface area (Å²) in [5, 5.41) is 8.13. The van der Waals surface area contributed by atoms with E-state index in [-0.39, 0.29) is 0 Å².